The summed E-state index contributed by atoms with van der Waals surface area (Å²) in [6.45, 7) is 0.298. The van der Waals surface area contributed by atoms with E-state index in [1.165, 1.54) is 11.8 Å². The molecule has 192 valence electrons. The summed E-state index contributed by atoms with van der Waals surface area (Å²) in [4.78, 5) is 38.3. The van der Waals surface area contributed by atoms with Crippen LogP contribution in [-0.2, 0) is 14.3 Å². The summed E-state index contributed by atoms with van der Waals surface area (Å²) in [5, 5.41) is 2.48. The molecular weight excluding hydrogens is 470 g/mol. The Hall–Kier alpha value is -2.34. The van der Waals surface area contributed by atoms with Crippen LogP contribution in [0, 0.1) is 41.4 Å². The minimum Gasteiger partial charge on any atom is -0.449 e. The number of amides is 1. The molecule has 1 amide bonds. The van der Waals surface area contributed by atoms with Crippen molar-refractivity contribution in [1.82, 2.24) is 5.32 Å². The third kappa shape index (κ3) is 5.64. The predicted octanol–water partition coefficient (Wildman–Crippen LogP) is 5.80. The van der Waals surface area contributed by atoms with Crippen LogP contribution < -0.4 is 5.32 Å². The monoisotopic (exact) mass is 507 g/mol. The molecule has 36 heavy (non-hydrogen) atoms. The molecule has 5 aliphatic rings. The molecule has 0 aromatic heterocycles. The lowest BCUT2D eigenvalue weighted by molar-refractivity contribution is -0.125. The number of rotatable bonds is 7. The zero-order valence-corrected chi connectivity index (χ0v) is 21.6. The van der Waals surface area contributed by atoms with Crippen molar-refractivity contribution in [2.45, 2.75) is 50.2 Å². The van der Waals surface area contributed by atoms with Gasteiger partial charge in [-0.05, 0) is 68.6 Å². The molecule has 0 aliphatic heterocycles. The molecule has 0 radical (unpaired) electrons. The van der Waals surface area contributed by atoms with Gasteiger partial charge < -0.3 is 10.1 Å². The molecule has 0 aromatic carbocycles. The van der Waals surface area contributed by atoms with Crippen LogP contribution in [0.2, 0.25) is 0 Å². The van der Waals surface area contributed by atoms with E-state index in [0.29, 0.717) is 36.2 Å². The Labute approximate surface area is 218 Å². The van der Waals surface area contributed by atoms with Crippen LogP contribution >= 0.6 is 11.8 Å². The first-order chi connectivity index (χ1) is 17.6. The van der Waals surface area contributed by atoms with Crippen LogP contribution in [0.3, 0.4) is 0 Å². The first-order valence-electron chi connectivity index (χ1n) is 13.6. The van der Waals surface area contributed by atoms with Crippen LogP contribution in [0.1, 0.15) is 44.9 Å². The molecule has 1 fully saturated rings. The van der Waals surface area contributed by atoms with Crippen LogP contribution in [0.5, 0.6) is 0 Å². The molecule has 5 rings (SSSR count). The third-order valence-corrected chi connectivity index (χ3v) is 9.90. The molecule has 5 aliphatic carbocycles. The summed E-state index contributed by atoms with van der Waals surface area (Å²) in [7, 11) is 0. The lowest BCUT2D eigenvalue weighted by Gasteiger charge is -2.29. The van der Waals surface area contributed by atoms with E-state index in [1.54, 1.807) is 0 Å². The molecule has 8 unspecified atom stereocenters. The van der Waals surface area contributed by atoms with E-state index < -0.39 is 6.09 Å². The van der Waals surface area contributed by atoms with E-state index in [4.69, 9.17) is 4.74 Å². The molecule has 5 nitrogen and oxygen atoms in total. The zero-order valence-electron chi connectivity index (χ0n) is 20.8. The number of carbonyl (C=O) groups is 3. The first-order valence-corrected chi connectivity index (χ1v) is 14.5. The molecule has 0 spiro atoms. The number of carbonyl (C=O) groups excluding carboxylic acids is 3. The smallest absolute Gasteiger partial charge is 0.407 e. The summed E-state index contributed by atoms with van der Waals surface area (Å²) in [6, 6.07) is 0. The summed E-state index contributed by atoms with van der Waals surface area (Å²) in [5.41, 5.74) is 0. The molecule has 0 bridgehead atoms. The minimum atomic E-state index is -0.532. The van der Waals surface area contributed by atoms with Gasteiger partial charge in [-0.15, -0.1) is 0 Å². The van der Waals surface area contributed by atoms with Crippen molar-refractivity contribution in [1.29, 1.82) is 0 Å². The number of allylic oxidation sites excluding steroid dienone is 10. The Bertz CT molecular complexity index is 995. The molecular formula is C30H37NO4S. The maximum Gasteiger partial charge on any atom is 0.407 e. The van der Waals surface area contributed by atoms with Gasteiger partial charge in [-0.2, -0.15) is 0 Å². The average Bonchev–Trinajstić information content (AvgIpc) is 3.25. The molecule has 1 N–H and O–H groups in total. The van der Waals surface area contributed by atoms with Gasteiger partial charge in [0.05, 0.1) is 13.2 Å². The first kappa shape index (κ1) is 25.3. The van der Waals surface area contributed by atoms with Crippen molar-refractivity contribution in [3.05, 3.63) is 60.8 Å². The van der Waals surface area contributed by atoms with Gasteiger partial charge in [-0.25, -0.2) is 4.79 Å². The van der Waals surface area contributed by atoms with Crippen LogP contribution in [0.4, 0.5) is 4.79 Å². The standard InChI is InChI=1S/C30H37NO4S/c32-28(36-27-17-9-8-16-25(27)29(33)20-10-2-1-3-11-20)18-31-30(34)35-19-26-23-14-6-4-12-21(23)22-13-5-7-15-24(22)26/h1-2,4-6,8,12-14,16,20-27H,3,7,9-11,15,17-19H2,(H,31,34). The molecule has 1 saturated carbocycles. The number of Topliss-reactive ketones (excluding diaryl/α,β-unsaturated/α-hetero) is 1. The second kappa shape index (κ2) is 11.8. The highest BCUT2D eigenvalue weighted by Gasteiger charge is 2.48. The van der Waals surface area contributed by atoms with Crippen molar-refractivity contribution in [2.24, 2.45) is 41.4 Å². The van der Waals surface area contributed by atoms with E-state index >= 15 is 0 Å². The van der Waals surface area contributed by atoms with Gasteiger partial charge in [0.1, 0.15) is 5.78 Å². The highest BCUT2D eigenvalue weighted by molar-refractivity contribution is 8.14. The van der Waals surface area contributed by atoms with E-state index in [9.17, 15) is 14.4 Å². The maximum absolute atomic E-state index is 13.1. The van der Waals surface area contributed by atoms with Crippen molar-refractivity contribution < 1.29 is 19.1 Å². The number of fused-ring (bicyclic) bond motifs is 3. The summed E-state index contributed by atoms with van der Waals surface area (Å²) >= 11 is 1.21. The number of hydrogen-bond acceptors (Lipinski definition) is 5. The molecule has 0 heterocycles. The SMILES string of the molecule is O=C(NCC(=O)SC1CCC=CC1C(=O)C1CC=CCC1)OCC1C2C=CC=CC2C2C=CCCC21. The quantitative estimate of drug-likeness (QED) is 0.441. The second-order valence-corrected chi connectivity index (χ2v) is 12.0. The van der Waals surface area contributed by atoms with Crippen molar-refractivity contribution in [3.8, 4) is 0 Å². The summed E-state index contributed by atoms with van der Waals surface area (Å²) in [5.74, 6) is 2.31. The second-order valence-electron chi connectivity index (χ2n) is 10.7. The van der Waals surface area contributed by atoms with Crippen molar-refractivity contribution in [2.75, 3.05) is 13.2 Å². The lowest BCUT2D eigenvalue weighted by Crippen LogP contribution is -2.35. The summed E-state index contributed by atoms with van der Waals surface area (Å²) in [6.07, 6.45) is 27.7. The van der Waals surface area contributed by atoms with Gasteiger partial charge in [0.15, 0.2) is 0 Å². The molecule has 6 heteroatoms. The van der Waals surface area contributed by atoms with Gasteiger partial charge in [0.2, 0.25) is 5.12 Å². The van der Waals surface area contributed by atoms with Gasteiger partial charge in [-0.3, -0.25) is 9.59 Å². The Kier molecular flexibility index (Phi) is 8.30. The fourth-order valence-electron chi connectivity index (χ4n) is 6.88. The largest absolute Gasteiger partial charge is 0.449 e. The van der Waals surface area contributed by atoms with E-state index in [1.807, 2.05) is 6.08 Å². The molecule has 0 saturated heterocycles. The topological polar surface area (TPSA) is 72.5 Å². The summed E-state index contributed by atoms with van der Waals surface area (Å²) < 4.78 is 5.64. The zero-order chi connectivity index (χ0) is 24.9. The van der Waals surface area contributed by atoms with Crippen molar-refractivity contribution in [3.63, 3.8) is 0 Å². The minimum absolute atomic E-state index is 0.0537. The highest BCUT2D eigenvalue weighted by Crippen LogP contribution is 2.52. The number of hydrogen-bond donors (Lipinski definition) is 1. The average molecular weight is 508 g/mol. The van der Waals surface area contributed by atoms with E-state index in [-0.39, 0.29) is 34.5 Å². The number of ether oxygens (including phenoxy) is 1. The Balaban J connectivity index is 1.09. The van der Waals surface area contributed by atoms with Gasteiger partial charge in [0, 0.05) is 23.0 Å². The number of thioether (sulfide) groups is 1. The molecule has 0 aromatic rings. The number of ketones is 1. The van der Waals surface area contributed by atoms with Gasteiger partial charge in [-0.1, -0.05) is 72.5 Å². The van der Waals surface area contributed by atoms with Gasteiger partial charge in [0.25, 0.3) is 0 Å². The van der Waals surface area contributed by atoms with Crippen LogP contribution in [-0.4, -0.2) is 35.4 Å². The van der Waals surface area contributed by atoms with Crippen LogP contribution in [0.25, 0.3) is 0 Å². The Morgan fingerprint density at radius 1 is 0.833 bits per heavy atom. The predicted molar refractivity (Wildman–Crippen MR) is 143 cm³/mol. The lowest BCUT2D eigenvalue weighted by atomic mass is 9.80. The fraction of sp³-hybridized carbons (Fsp3) is 0.567. The van der Waals surface area contributed by atoms with E-state index in [2.05, 4.69) is 60.0 Å². The fourth-order valence-corrected chi connectivity index (χ4v) is 8.00. The molecule has 8 atom stereocenters. The third-order valence-electron chi connectivity index (χ3n) is 8.66. The van der Waals surface area contributed by atoms with Crippen LogP contribution in [0.15, 0.2) is 60.8 Å². The van der Waals surface area contributed by atoms with Gasteiger partial charge >= 0.3 is 6.09 Å². The van der Waals surface area contributed by atoms with E-state index in [0.717, 1.165) is 44.9 Å². The Morgan fingerprint density at radius 2 is 1.61 bits per heavy atom. The number of nitrogens with one attached hydrogen (secondary N) is 1. The van der Waals surface area contributed by atoms with Crippen molar-refractivity contribution >= 4 is 28.8 Å². The Morgan fingerprint density at radius 3 is 2.44 bits per heavy atom. The highest BCUT2D eigenvalue weighted by atomic mass is 32.2. The number of alkyl carbamates (subject to hydrolysis) is 1. The normalized spacial score (nSPS) is 36.2. The maximum atomic E-state index is 13.1.